The molecule has 2 rings (SSSR count). The van der Waals surface area contributed by atoms with Gasteiger partial charge in [0.1, 0.15) is 17.6 Å². The van der Waals surface area contributed by atoms with Crippen LogP contribution in [0.25, 0.3) is 0 Å². The van der Waals surface area contributed by atoms with Gasteiger partial charge in [0.25, 0.3) is 5.91 Å². The quantitative estimate of drug-likeness (QED) is 0.605. The highest BCUT2D eigenvalue weighted by molar-refractivity contribution is 5.88. The Labute approximate surface area is 191 Å². The summed E-state index contributed by atoms with van der Waals surface area (Å²) < 4.78 is 20.2. The number of hydrogen-bond donors (Lipinski definition) is 1. The maximum absolute atomic E-state index is 14.3. The zero-order valence-electron chi connectivity index (χ0n) is 19.9. The van der Waals surface area contributed by atoms with Gasteiger partial charge in [-0.3, -0.25) is 9.59 Å². The maximum Gasteiger partial charge on any atom is 0.261 e. The van der Waals surface area contributed by atoms with Crippen molar-refractivity contribution < 1.29 is 18.7 Å². The Hall–Kier alpha value is -2.89. The Balaban J connectivity index is 2.24. The lowest BCUT2D eigenvalue weighted by atomic mass is 9.86. The van der Waals surface area contributed by atoms with Crippen LogP contribution in [0.4, 0.5) is 4.39 Å². The second kappa shape index (κ2) is 11.1. The molecule has 0 bridgehead atoms. The van der Waals surface area contributed by atoms with E-state index in [0.29, 0.717) is 11.3 Å². The van der Waals surface area contributed by atoms with Gasteiger partial charge in [0.15, 0.2) is 6.61 Å². The molecule has 2 aromatic rings. The lowest BCUT2D eigenvalue weighted by Crippen LogP contribution is -2.50. The molecule has 0 saturated heterocycles. The molecule has 5 nitrogen and oxygen atoms in total. The molecule has 0 spiro atoms. The van der Waals surface area contributed by atoms with Crippen LogP contribution in [0.5, 0.6) is 5.75 Å². The molecule has 174 valence electrons. The number of nitrogens with one attached hydrogen (secondary N) is 1. The molecule has 2 atom stereocenters. The van der Waals surface area contributed by atoms with Crippen molar-refractivity contribution in [2.75, 3.05) is 6.61 Å². The number of ether oxygens (including phenoxy) is 1. The summed E-state index contributed by atoms with van der Waals surface area (Å²) in [5, 5.41) is 2.90. The Kier molecular flexibility index (Phi) is 8.81. The van der Waals surface area contributed by atoms with E-state index in [0.717, 1.165) is 12.0 Å². The van der Waals surface area contributed by atoms with Crippen molar-refractivity contribution in [2.24, 2.45) is 0 Å². The van der Waals surface area contributed by atoms with E-state index in [2.05, 4.69) is 26.1 Å². The monoisotopic (exact) mass is 442 g/mol. The van der Waals surface area contributed by atoms with Crippen LogP contribution in [0.2, 0.25) is 0 Å². The van der Waals surface area contributed by atoms with Crippen LogP contribution >= 0.6 is 0 Å². The number of rotatable bonds is 9. The SMILES string of the molecule is CC[C@@H](C)NC(=O)[C@@H](C)N(Cc1ccccc1F)C(=O)COc1ccccc1C(C)(C)C. The first-order chi connectivity index (χ1) is 15.0. The number of hydrogen-bond acceptors (Lipinski definition) is 3. The van der Waals surface area contributed by atoms with E-state index in [9.17, 15) is 14.0 Å². The van der Waals surface area contributed by atoms with Crippen molar-refractivity contribution in [1.82, 2.24) is 10.2 Å². The van der Waals surface area contributed by atoms with Crippen LogP contribution in [-0.4, -0.2) is 35.4 Å². The lowest BCUT2D eigenvalue weighted by Gasteiger charge is -2.30. The van der Waals surface area contributed by atoms with E-state index in [-0.39, 0.29) is 36.4 Å². The average molecular weight is 443 g/mol. The molecule has 0 aliphatic carbocycles. The number of para-hydroxylation sites is 1. The third-order valence-electron chi connectivity index (χ3n) is 5.51. The van der Waals surface area contributed by atoms with E-state index in [1.54, 1.807) is 25.1 Å². The van der Waals surface area contributed by atoms with E-state index in [4.69, 9.17) is 4.74 Å². The molecule has 0 aliphatic rings. The van der Waals surface area contributed by atoms with Gasteiger partial charge in [-0.1, -0.05) is 64.1 Å². The number of nitrogens with zero attached hydrogens (tertiary/aromatic N) is 1. The Morgan fingerprint density at radius 1 is 1.06 bits per heavy atom. The highest BCUT2D eigenvalue weighted by atomic mass is 19.1. The molecular formula is C26H35FN2O3. The van der Waals surface area contributed by atoms with Crippen molar-refractivity contribution in [1.29, 1.82) is 0 Å². The standard InChI is InChI=1S/C26H35FN2O3/c1-7-18(2)28-25(31)19(3)29(16-20-12-8-10-14-22(20)27)24(30)17-32-23-15-11-9-13-21(23)26(4,5)6/h8-15,18-19H,7,16-17H2,1-6H3,(H,28,31)/t18-,19-/m1/s1. The predicted molar refractivity (Wildman–Crippen MR) is 125 cm³/mol. The van der Waals surface area contributed by atoms with E-state index < -0.39 is 11.9 Å². The molecule has 2 amide bonds. The molecule has 0 unspecified atom stereocenters. The smallest absolute Gasteiger partial charge is 0.261 e. The third kappa shape index (κ3) is 6.81. The molecule has 2 aromatic carbocycles. The lowest BCUT2D eigenvalue weighted by molar-refractivity contribution is -0.142. The van der Waals surface area contributed by atoms with Crippen LogP contribution < -0.4 is 10.1 Å². The van der Waals surface area contributed by atoms with Gasteiger partial charge in [-0.05, 0) is 43.4 Å². The molecule has 1 N–H and O–H groups in total. The van der Waals surface area contributed by atoms with Crippen LogP contribution in [0, 0.1) is 5.82 Å². The number of carbonyl (C=O) groups is 2. The second-order valence-corrected chi connectivity index (χ2v) is 9.14. The topological polar surface area (TPSA) is 58.6 Å². The molecule has 0 aliphatic heterocycles. The first-order valence-corrected chi connectivity index (χ1v) is 11.1. The first kappa shape index (κ1) is 25.4. The largest absolute Gasteiger partial charge is 0.483 e. The van der Waals surface area contributed by atoms with E-state index in [1.165, 1.54) is 11.0 Å². The summed E-state index contributed by atoms with van der Waals surface area (Å²) in [6, 6.07) is 13.0. The molecular weight excluding hydrogens is 407 g/mol. The average Bonchev–Trinajstić information content (AvgIpc) is 2.75. The summed E-state index contributed by atoms with van der Waals surface area (Å²) in [6.45, 7) is 11.5. The number of carbonyl (C=O) groups excluding carboxylic acids is 2. The van der Waals surface area contributed by atoms with Crippen LogP contribution in [0.3, 0.4) is 0 Å². The number of benzene rings is 2. The van der Waals surface area contributed by atoms with E-state index in [1.807, 2.05) is 38.1 Å². The second-order valence-electron chi connectivity index (χ2n) is 9.14. The summed E-state index contributed by atoms with van der Waals surface area (Å²) in [7, 11) is 0. The fourth-order valence-corrected chi connectivity index (χ4v) is 3.29. The van der Waals surface area contributed by atoms with Crippen molar-refractivity contribution in [3.63, 3.8) is 0 Å². The summed E-state index contributed by atoms with van der Waals surface area (Å²) in [5.74, 6) is -0.461. The van der Waals surface area contributed by atoms with Gasteiger partial charge in [-0.15, -0.1) is 0 Å². The molecule has 6 heteroatoms. The van der Waals surface area contributed by atoms with Crippen molar-refractivity contribution >= 4 is 11.8 Å². The van der Waals surface area contributed by atoms with Crippen molar-refractivity contribution in [3.8, 4) is 5.75 Å². The normalized spacial score (nSPS) is 13.2. The van der Waals surface area contributed by atoms with E-state index >= 15 is 0 Å². The minimum Gasteiger partial charge on any atom is -0.483 e. The van der Waals surface area contributed by atoms with Crippen molar-refractivity contribution in [3.05, 3.63) is 65.5 Å². The predicted octanol–water partition coefficient (Wildman–Crippen LogP) is 4.83. The van der Waals surface area contributed by atoms with Gasteiger partial charge < -0.3 is 15.0 Å². The van der Waals surface area contributed by atoms with Gasteiger partial charge in [0, 0.05) is 18.2 Å². The van der Waals surface area contributed by atoms with Gasteiger partial charge in [0.2, 0.25) is 5.91 Å². The van der Waals surface area contributed by atoms with Gasteiger partial charge >= 0.3 is 0 Å². The Morgan fingerprint density at radius 3 is 2.31 bits per heavy atom. The summed E-state index contributed by atoms with van der Waals surface area (Å²) >= 11 is 0. The maximum atomic E-state index is 14.3. The van der Waals surface area contributed by atoms with Gasteiger partial charge in [-0.2, -0.15) is 0 Å². The number of halogens is 1. The van der Waals surface area contributed by atoms with Gasteiger partial charge in [0.05, 0.1) is 0 Å². The fourth-order valence-electron chi connectivity index (χ4n) is 3.29. The molecule has 32 heavy (non-hydrogen) atoms. The molecule has 0 saturated carbocycles. The Bertz CT molecular complexity index is 923. The molecule has 0 radical (unpaired) electrons. The first-order valence-electron chi connectivity index (χ1n) is 11.1. The highest BCUT2D eigenvalue weighted by Crippen LogP contribution is 2.31. The van der Waals surface area contributed by atoms with Crippen LogP contribution in [0.15, 0.2) is 48.5 Å². The zero-order chi connectivity index (χ0) is 23.9. The number of amides is 2. The van der Waals surface area contributed by atoms with Crippen LogP contribution in [0.1, 0.15) is 59.1 Å². The molecule has 0 fully saturated rings. The summed E-state index contributed by atoms with van der Waals surface area (Å²) in [4.78, 5) is 27.3. The molecule has 0 heterocycles. The summed E-state index contributed by atoms with van der Waals surface area (Å²) in [6.07, 6.45) is 0.770. The highest BCUT2D eigenvalue weighted by Gasteiger charge is 2.28. The zero-order valence-corrected chi connectivity index (χ0v) is 19.9. The van der Waals surface area contributed by atoms with Crippen molar-refractivity contribution in [2.45, 2.75) is 72.0 Å². The minimum absolute atomic E-state index is 0.0229. The van der Waals surface area contributed by atoms with Crippen LogP contribution in [-0.2, 0) is 21.5 Å². The Morgan fingerprint density at radius 2 is 1.69 bits per heavy atom. The minimum atomic E-state index is -0.780. The molecule has 0 aromatic heterocycles. The fraction of sp³-hybridized carbons (Fsp3) is 0.462. The van der Waals surface area contributed by atoms with Gasteiger partial charge in [-0.25, -0.2) is 4.39 Å². The summed E-state index contributed by atoms with van der Waals surface area (Å²) in [5.41, 5.74) is 1.17. The third-order valence-corrected chi connectivity index (χ3v) is 5.51.